The molecular formula is C136H102F2N4Si2. The van der Waals surface area contributed by atoms with E-state index in [4.69, 9.17) is 0 Å². The van der Waals surface area contributed by atoms with Gasteiger partial charge in [0.05, 0.1) is 61.0 Å². The molecule has 0 aliphatic carbocycles. The van der Waals surface area contributed by atoms with Gasteiger partial charge in [0.1, 0.15) is 11.6 Å². The minimum Gasteiger partial charge on any atom is -0.309 e. The Kier molecular flexibility index (Phi) is 21.8. The van der Waals surface area contributed by atoms with Crippen molar-refractivity contribution >= 4 is 169 Å². The Labute approximate surface area is 839 Å². The molecule has 26 aromatic rings. The summed E-state index contributed by atoms with van der Waals surface area (Å²) in [5, 5.41) is 23.8. The van der Waals surface area contributed by atoms with Gasteiger partial charge in [-0.15, -0.1) is 0 Å². The molecule has 4 nitrogen and oxygen atoms in total. The molecule has 688 valence electrons. The fourth-order valence-electron chi connectivity index (χ4n) is 23.4. The molecular weight excluding hydrogens is 1780 g/mol. The largest absolute Gasteiger partial charge is 0.309 e. The van der Waals surface area contributed by atoms with Crippen LogP contribution in [-0.2, 0) is 0 Å². The molecule has 2 aromatic heterocycles. The van der Waals surface area contributed by atoms with Crippen LogP contribution in [-0.4, -0.2) is 25.3 Å². The van der Waals surface area contributed by atoms with E-state index in [1.807, 2.05) is 115 Å². The summed E-state index contributed by atoms with van der Waals surface area (Å²) >= 11 is 0. The molecule has 0 fully saturated rings. The summed E-state index contributed by atoms with van der Waals surface area (Å²) in [5.74, 6) is -0.603. The average Bonchev–Trinajstić information content (AvgIpc) is 1.46. The van der Waals surface area contributed by atoms with Gasteiger partial charge in [0.2, 0.25) is 0 Å². The van der Waals surface area contributed by atoms with E-state index < -0.39 is 16.1 Å². The minimum atomic E-state index is -2.04. The number of halogens is 2. The van der Waals surface area contributed by atoms with Crippen LogP contribution in [0.3, 0.4) is 0 Å². The summed E-state index contributed by atoms with van der Waals surface area (Å²) < 4.78 is 40.5. The standard InChI is InChI=1S/C70H57FN2Si2.C66H45FN2/c1-74(2,3)64-45-59(54-39-42-58-66-57(41-40-56(64)65(54)66)67-55-32-20-22-34-63(55)73(51-29-17-10-18-30-51)69(67)70(58)75(4,5)6)49-35-37-52(38-36-49)72(62-33-21-19-31-53(62)47-25-13-8-14-26-47)68-60(48-27-15-9-16-28-48)43-50(44-61(68)71)46-23-11-7-12-24-46;1-42-39-57(54-37-36-52-43(2)65-64(56-38-35-51(42)62(54)63(52)56)55-28-16-18-30-61(55)68(65)49-25-13-6-14-26-49)47-31-33-50(34-32-47)69(60-29-17-15-27-53(60)45-21-9-4-10-22-45)66-58(46-23-11-5-12-24-46)40-48(41-59(66)67)44-19-7-3-8-20-44/h7-45H,1-6H3;3-41H,1-2H3. The Morgan fingerprint density at radius 3 is 0.972 bits per heavy atom. The fourth-order valence-corrected chi connectivity index (χ4v) is 26.9. The third kappa shape index (κ3) is 14.9. The second-order valence-corrected chi connectivity index (χ2v) is 50.4. The van der Waals surface area contributed by atoms with Gasteiger partial charge in [0, 0.05) is 66.5 Å². The Morgan fingerprint density at radius 2 is 0.535 bits per heavy atom. The summed E-state index contributed by atoms with van der Waals surface area (Å²) in [6, 6.07) is 167. The van der Waals surface area contributed by atoms with Crippen LogP contribution in [0.5, 0.6) is 0 Å². The SMILES string of the molecule is C[Si](C)(C)c1cc(-c2ccc(N(c3ccccc3-c3ccccc3)c3c(F)cc(-c4ccccc4)cc3-c3ccccc3)cc2)c2ccc3c([Si](C)(C)C)c4c(c5ccc1c2c35)c1ccccc1n4-c1ccccc1.Cc1cc(-c2ccc(N(c3ccccc3-c3ccccc3)c3c(F)cc(-c4ccccc4)cc3-c3ccccc3)cc2)c2ccc3c(C)c4c(c5ccc1c2c35)c1ccccc1n4-c1ccccc1. The molecule has 144 heavy (non-hydrogen) atoms. The third-order valence-electron chi connectivity index (χ3n) is 29.7. The summed E-state index contributed by atoms with van der Waals surface area (Å²) in [6.07, 6.45) is 0. The molecule has 26 rings (SSSR count). The van der Waals surface area contributed by atoms with Crippen molar-refractivity contribution in [2.45, 2.75) is 53.1 Å². The Bertz CT molecular complexity index is 9450. The van der Waals surface area contributed by atoms with E-state index in [0.29, 0.717) is 11.4 Å². The molecule has 0 radical (unpaired) electrons. The molecule has 2 heterocycles. The number of aromatic nitrogens is 2. The monoisotopic (exact) mass is 1880 g/mol. The minimum absolute atomic E-state index is 0.299. The highest BCUT2D eigenvalue weighted by Gasteiger charge is 2.35. The molecule has 0 N–H and O–H groups in total. The number of benzene rings is 24. The topological polar surface area (TPSA) is 16.3 Å². The van der Waals surface area contributed by atoms with Crippen molar-refractivity contribution in [2.75, 3.05) is 9.80 Å². The molecule has 0 amide bonds. The smallest absolute Gasteiger partial charge is 0.148 e. The van der Waals surface area contributed by atoms with Crippen LogP contribution in [0.25, 0.3) is 209 Å². The van der Waals surface area contributed by atoms with E-state index in [1.165, 1.54) is 147 Å². The predicted octanol–water partition coefficient (Wildman–Crippen LogP) is 37.6. The zero-order valence-corrected chi connectivity index (χ0v) is 83.6. The van der Waals surface area contributed by atoms with E-state index in [0.717, 1.165) is 106 Å². The van der Waals surface area contributed by atoms with Crippen molar-refractivity contribution in [3.05, 3.63) is 496 Å². The molecule has 0 spiro atoms. The number of nitrogens with zero attached hydrogens (tertiary/aromatic N) is 4. The van der Waals surface area contributed by atoms with E-state index in [2.05, 4.69) is 418 Å². The van der Waals surface area contributed by atoms with Crippen LogP contribution in [0.2, 0.25) is 39.3 Å². The van der Waals surface area contributed by atoms with Crippen molar-refractivity contribution in [1.29, 1.82) is 0 Å². The van der Waals surface area contributed by atoms with Gasteiger partial charge in [-0.2, -0.15) is 0 Å². The van der Waals surface area contributed by atoms with Crippen LogP contribution in [0.4, 0.5) is 42.9 Å². The lowest BCUT2D eigenvalue weighted by Crippen LogP contribution is -2.40. The first kappa shape index (κ1) is 88.3. The number of anilines is 6. The number of para-hydroxylation sites is 6. The lowest BCUT2D eigenvalue weighted by atomic mass is 9.85. The Balaban J connectivity index is 0.000000151. The lowest BCUT2D eigenvalue weighted by molar-refractivity contribution is 0.629. The van der Waals surface area contributed by atoms with E-state index in [9.17, 15) is 0 Å². The third-order valence-corrected chi connectivity index (χ3v) is 33.7. The molecule has 0 aliphatic heterocycles. The number of hydrogen-bond donors (Lipinski definition) is 0. The Morgan fingerprint density at radius 1 is 0.215 bits per heavy atom. The van der Waals surface area contributed by atoms with E-state index in [1.54, 1.807) is 12.1 Å². The van der Waals surface area contributed by atoms with Gasteiger partial charge >= 0.3 is 0 Å². The molecule has 8 heteroatoms. The van der Waals surface area contributed by atoms with Gasteiger partial charge in [-0.25, -0.2) is 8.78 Å². The number of hydrogen-bond acceptors (Lipinski definition) is 2. The first-order chi connectivity index (χ1) is 70.4. The maximum atomic E-state index is 17.8. The summed E-state index contributed by atoms with van der Waals surface area (Å²) in [4.78, 5) is 4.26. The van der Waals surface area contributed by atoms with Gasteiger partial charge in [-0.1, -0.05) is 421 Å². The van der Waals surface area contributed by atoms with Crippen LogP contribution in [0.1, 0.15) is 11.1 Å². The second kappa shape index (κ2) is 35.6. The maximum Gasteiger partial charge on any atom is 0.148 e. The fraction of sp³-hybridized carbons (Fsp3) is 0.0588. The molecule has 0 saturated carbocycles. The van der Waals surface area contributed by atoms with Gasteiger partial charge in [0.15, 0.2) is 0 Å². The number of fused-ring (bicyclic) bond motifs is 8. The van der Waals surface area contributed by atoms with Gasteiger partial charge < -0.3 is 18.9 Å². The zero-order valence-electron chi connectivity index (χ0n) is 81.6. The van der Waals surface area contributed by atoms with Crippen molar-refractivity contribution in [3.8, 4) is 100 Å². The predicted molar refractivity (Wildman–Crippen MR) is 617 cm³/mol. The number of rotatable bonds is 18. The normalized spacial score (nSPS) is 12.0. The first-order valence-corrected chi connectivity index (χ1v) is 56.9. The quantitative estimate of drug-likeness (QED) is 0.0629. The van der Waals surface area contributed by atoms with E-state index in [-0.39, 0.29) is 11.6 Å². The maximum absolute atomic E-state index is 17.8. The van der Waals surface area contributed by atoms with Crippen molar-refractivity contribution in [3.63, 3.8) is 0 Å². The van der Waals surface area contributed by atoms with Crippen molar-refractivity contribution in [2.24, 2.45) is 0 Å². The highest BCUT2D eigenvalue weighted by molar-refractivity contribution is 6.93. The average molecular weight is 1890 g/mol. The highest BCUT2D eigenvalue weighted by atomic mass is 28.3. The van der Waals surface area contributed by atoms with Crippen molar-refractivity contribution < 1.29 is 8.78 Å². The van der Waals surface area contributed by atoms with Gasteiger partial charge in [-0.05, 0) is 259 Å². The van der Waals surface area contributed by atoms with Crippen LogP contribution >= 0.6 is 0 Å². The first-order valence-electron chi connectivity index (χ1n) is 49.9. The molecule has 0 aliphatic rings. The summed E-state index contributed by atoms with van der Waals surface area (Å²) in [5.41, 5.74) is 30.2. The van der Waals surface area contributed by atoms with Crippen molar-refractivity contribution in [1.82, 2.24) is 9.13 Å². The van der Waals surface area contributed by atoms with Crippen LogP contribution in [0, 0.1) is 25.5 Å². The molecule has 0 unspecified atom stereocenters. The number of aryl methyl sites for hydroxylation is 2. The summed E-state index contributed by atoms with van der Waals surface area (Å²) in [6.45, 7) is 19.5. The van der Waals surface area contributed by atoms with E-state index >= 15 is 8.78 Å². The second-order valence-electron chi connectivity index (χ2n) is 40.4. The molecule has 0 saturated heterocycles. The van der Waals surface area contributed by atoms with Gasteiger partial charge in [-0.3, -0.25) is 0 Å². The molecule has 0 atom stereocenters. The molecule has 0 bridgehead atoms. The Hall–Kier alpha value is -17.1. The summed E-state index contributed by atoms with van der Waals surface area (Å²) in [7, 11) is -3.99. The molecule has 24 aromatic carbocycles. The van der Waals surface area contributed by atoms with Crippen LogP contribution in [0.15, 0.2) is 473 Å². The zero-order chi connectivity index (χ0) is 97.3. The van der Waals surface area contributed by atoms with Crippen LogP contribution < -0.4 is 20.2 Å². The highest BCUT2D eigenvalue weighted by Crippen LogP contribution is 2.55. The van der Waals surface area contributed by atoms with Gasteiger partial charge in [0.25, 0.3) is 0 Å². The lowest BCUT2D eigenvalue weighted by Gasteiger charge is -2.31.